The number of carbonyl (C=O) groups is 1. The van der Waals surface area contributed by atoms with Crippen LogP contribution in [0.4, 0.5) is 10.3 Å². The van der Waals surface area contributed by atoms with Crippen LogP contribution in [0, 0.1) is 5.82 Å². The number of piperidine rings is 2. The first-order valence-electron chi connectivity index (χ1n) is 18.1. The zero-order valence-corrected chi connectivity index (χ0v) is 30.2. The summed E-state index contributed by atoms with van der Waals surface area (Å²) in [7, 11) is 4.64. The van der Waals surface area contributed by atoms with Crippen LogP contribution in [0.1, 0.15) is 53.6 Å². The minimum Gasteiger partial charge on any atom is -0.493 e. The van der Waals surface area contributed by atoms with Crippen molar-refractivity contribution in [3.8, 4) is 17.2 Å². The molecule has 4 heterocycles. The Morgan fingerprint density at radius 3 is 2.33 bits per heavy atom. The number of nitrogens with zero attached hydrogens (tertiary/aromatic N) is 5. The standard InChI is InChI=1S/C41H47FN6O4/c1-50-36-25-30(26-37(51-2)38(36)52-3)39(49)47-21-6-17-41(28-47,31-9-11-32(42)12-10-31)18-24-46-22-15-33(16-23-46)48(27-29-13-19-43-20-14-29)40-44-34-7-4-5-8-35(34)45-40/h4-5,7-14,19-20,25-26,33H,6,15-18,21-24,27-28H2,1-3H3,(H,44,45). The summed E-state index contributed by atoms with van der Waals surface area (Å²) in [5, 5.41) is 0. The molecule has 7 rings (SSSR count). The number of aromatic nitrogens is 3. The molecule has 0 saturated carbocycles. The van der Waals surface area contributed by atoms with Crippen LogP contribution in [0.25, 0.3) is 11.0 Å². The number of likely N-dealkylation sites (tertiary alicyclic amines) is 2. The summed E-state index contributed by atoms with van der Waals surface area (Å²) in [5.41, 5.74) is 4.42. The molecule has 2 fully saturated rings. The summed E-state index contributed by atoms with van der Waals surface area (Å²) in [6, 6.07) is 22.9. The number of hydrogen-bond acceptors (Lipinski definition) is 8. The van der Waals surface area contributed by atoms with Crippen molar-refractivity contribution in [2.24, 2.45) is 0 Å². The second-order valence-electron chi connectivity index (χ2n) is 13.9. The highest BCUT2D eigenvalue weighted by Gasteiger charge is 2.40. The summed E-state index contributed by atoms with van der Waals surface area (Å²) >= 11 is 0. The molecule has 1 N–H and O–H groups in total. The van der Waals surface area contributed by atoms with Gasteiger partial charge >= 0.3 is 0 Å². The quantitative estimate of drug-likeness (QED) is 0.151. The molecular formula is C41H47FN6O4. The van der Waals surface area contributed by atoms with Crippen LogP contribution in [0.5, 0.6) is 17.2 Å². The van der Waals surface area contributed by atoms with Crippen molar-refractivity contribution in [2.75, 3.05) is 59.0 Å². The van der Waals surface area contributed by atoms with E-state index in [0.29, 0.717) is 41.9 Å². The van der Waals surface area contributed by atoms with Gasteiger partial charge in [0, 0.05) is 62.1 Å². The Hall–Kier alpha value is -5.16. The second kappa shape index (κ2) is 15.6. The number of rotatable bonds is 12. The van der Waals surface area contributed by atoms with Gasteiger partial charge in [0.05, 0.1) is 32.4 Å². The Labute approximate surface area is 304 Å². The molecule has 3 aromatic carbocycles. The molecule has 0 bridgehead atoms. The predicted molar refractivity (Wildman–Crippen MR) is 200 cm³/mol. The number of ether oxygens (including phenoxy) is 3. The first kappa shape index (κ1) is 35.3. The maximum atomic E-state index is 14.2. The highest BCUT2D eigenvalue weighted by atomic mass is 19.1. The highest BCUT2D eigenvalue weighted by molar-refractivity contribution is 5.96. The van der Waals surface area contributed by atoms with Crippen molar-refractivity contribution in [1.29, 1.82) is 0 Å². The van der Waals surface area contributed by atoms with Gasteiger partial charge in [0.25, 0.3) is 5.91 Å². The van der Waals surface area contributed by atoms with Crippen LogP contribution in [-0.2, 0) is 12.0 Å². The van der Waals surface area contributed by atoms with Crippen LogP contribution < -0.4 is 19.1 Å². The minimum atomic E-state index is -0.319. The fourth-order valence-corrected chi connectivity index (χ4v) is 8.04. The van der Waals surface area contributed by atoms with Crippen LogP contribution in [-0.4, -0.2) is 90.8 Å². The monoisotopic (exact) mass is 706 g/mol. The smallest absolute Gasteiger partial charge is 0.254 e. The van der Waals surface area contributed by atoms with Crippen molar-refractivity contribution < 1.29 is 23.4 Å². The van der Waals surface area contributed by atoms with E-state index in [1.807, 2.05) is 47.6 Å². The molecule has 2 saturated heterocycles. The number of nitrogens with one attached hydrogen (secondary N) is 1. The topological polar surface area (TPSA) is 96.1 Å². The Morgan fingerprint density at radius 2 is 1.65 bits per heavy atom. The maximum Gasteiger partial charge on any atom is 0.254 e. The van der Waals surface area contributed by atoms with E-state index < -0.39 is 0 Å². The van der Waals surface area contributed by atoms with Gasteiger partial charge in [0.15, 0.2) is 11.5 Å². The third-order valence-electron chi connectivity index (χ3n) is 10.9. The fraction of sp³-hybridized carbons (Fsp3) is 0.390. The Bertz CT molecular complexity index is 1910. The number of halogens is 1. The number of H-pyrrole nitrogens is 1. The molecule has 52 heavy (non-hydrogen) atoms. The van der Waals surface area contributed by atoms with E-state index in [1.165, 1.54) is 17.7 Å². The van der Waals surface area contributed by atoms with Crippen LogP contribution in [0.3, 0.4) is 0 Å². The third-order valence-corrected chi connectivity index (χ3v) is 10.9. The van der Waals surface area contributed by atoms with E-state index >= 15 is 0 Å². The number of hydrogen-bond donors (Lipinski definition) is 1. The lowest BCUT2D eigenvalue weighted by Gasteiger charge is -2.45. The molecule has 10 nitrogen and oxygen atoms in total. The maximum absolute atomic E-state index is 14.2. The average Bonchev–Trinajstić information content (AvgIpc) is 3.63. The molecule has 2 aliphatic rings. The summed E-state index contributed by atoms with van der Waals surface area (Å²) < 4.78 is 30.8. The third kappa shape index (κ3) is 7.41. The van der Waals surface area contributed by atoms with Gasteiger partial charge in [-0.05, 0) is 98.3 Å². The van der Waals surface area contributed by atoms with Crippen molar-refractivity contribution in [2.45, 2.75) is 50.1 Å². The lowest BCUT2D eigenvalue weighted by atomic mass is 9.71. The van der Waals surface area contributed by atoms with Gasteiger partial charge in [0.2, 0.25) is 11.7 Å². The predicted octanol–water partition coefficient (Wildman–Crippen LogP) is 6.86. The lowest BCUT2D eigenvalue weighted by Crippen LogP contribution is -2.51. The van der Waals surface area contributed by atoms with Crippen molar-refractivity contribution >= 4 is 22.9 Å². The van der Waals surface area contributed by atoms with Gasteiger partial charge in [-0.25, -0.2) is 9.37 Å². The number of fused-ring (bicyclic) bond motifs is 1. The largest absolute Gasteiger partial charge is 0.493 e. The van der Waals surface area contributed by atoms with Gasteiger partial charge in [0.1, 0.15) is 5.82 Å². The van der Waals surface area contributed by atoms with Gasteiger partial charge in [-0.1, -0.05) is 24.3 Å². The Morgan fingerprint density at radius 1 is 0.942 bits per heavy atom. The van der Waals surface area contributed by atoms with E-state index in [2.05, 4.69) is 38.0 Å². The molecule has 0 aliphatic carbocycles. The zero-order valence-electron chi connectivity index (χ0n) is 30.2. The molecule has 1 atom stereocenters. The number of aromatic amines is 1. The summed E-state index contributed by atoms with van der Waals surface area (Å²) in [4.78, 5) is 33.8. The molecule has 2 aliphatic heterocycles. The minimum absolute atomic E-state index is 0.0915. The number of anilines is 1. The van der Waals surface area contributed by atoms with Gasteiger partial charge in [-0.3, -0.25) is 9.78 Å². The van der Waals surface area contributed by atoms with Gasteiger partial charge < -0.3 is 33.9 Å². The van der Waals surface area contributed by atoms with E-state index in [4.69, 9.17) is 19.2 Å². The molecule has 0 radical (unpaired) electrons. The summed E-state index contributed by atoms with van der Waals surface area (Å²) in [6.45, 7) is 4.70. The molecular weight excluding hydrogens is 659 g/mol. The van der Waals surface area contributed by atoms with E-state index in [0.717, 1.165) is 80.8 Å². The number of amides is 1. The Balaban J connectivity index is 1.07. The second-order valence-corrected chi connectivity index (χ2v) is 13.9. The SMILES string of the molecule is COc1cc(C(=O)N2CCCC(CCN3CCC(N(Cc4ccncc4)c4nc5ccccc5[nH]4)CC3)(c3ccc(F)cc3)C2)cc(OC)c1OC. The van der Waals surface area contributed by atoms with Gasteiger partial charge in [-0.15, -0.1) is 0 Å². The molecule has 1 unspecified atom stereocenters. The average molecular weight is 707 g/mol. The number of benzene rings is 3. The first-order valence-corrected chi connectivity index (χ1v) is 18.1. The lowest BCUT2D eigenvalue weighted by molar-refractivity contribution is 0.0605. The highest BCUT2D eigenvalue weighted by Crippen LogP contribution is 2.41. The molecule has 5 aromatic rings. The number of para-hydroxylation sites is 2. The van der Waals surface area contributed by atoms with E-state index in [1.54, 1.807) is 33.5 Å². The van der Waals surface area contributed by atoms with Crippen LogP contribution in [0.2, 0.25) is 0 Å². The summed E-state index contributed by atoms with van der Waals surface area (Å²) in [5.74, 6) is 1.87. The number of pyridine rings is 1. The molecule has 11 heteroatoms. The molecule has 0 spiro atoms. The van der Waals surface area contributed by atoms with Crippen LogP contribution in [0.15, 0.2) is 85.2 Å². The van der Waals surface area contributed by atoms with Crippen molar-refractivity contribution in [1.82, 2.24) is 24.8 Å². The Kier molecular flexibility index (Phi) is 10.6. The van der Waals surface area contributed by atoms with Crippen molar-refractivity contribution in [3.05, 3.63) is 108 Å². The number of imidazole rings is 1. The fourth-order valence-electron chi connectivity index (χ4n) is 8.04. The van der Waals surface area contributed by atoms with Gasteiger partial charge in [-0.2, -0.15) is 0 Å². The molecule has 272 valence electrons. The normalized spacial score (nSPS) is 18.3. The van der Waals surface area contributed by atoms with E-state index in [9.17, 15) is 9.18 Å². The zero-order chi connectivity index (χ0) is 36.1. The summed E-state index contributed by atoms with van der Waals surface area (Å²) in [6.07, 6.45) is 8.30. The number of carbonyl (C=O) groups excluding carboxylic acids is 1. The first-order chi connectivity index (χ1) is 25.4. The van der Waals surface area contributed by atoms with E-state index in [-0.39, 0.29) is 17.1 Å². The number of methoxy groups -OCH3 is 3. The molecule has 1 amide bonds. The van der Waals surface area contributed by atoms with Crippen molar-refractivity contribution in [3.63, 3.8) is 0 Å². The molecule has 2 aromatic heterocycles. The van der Waals surface area contributed by atoms with Crippen LogP contribution >= 0.6 is 0 Å².